The number of piperazine rings is 1. The van der Waals surface area contributed by atoms with Crippen molar-refractivity contribution in [1.29, 1.82) is 0 Å². The lowest BCUT2D eigenvalue weighted by Crippen LogP contribution is -2.71. The van der Waals surface area contributed by atoms with Gasteiger partial charge in [0.2, 0.25) is 11.8 Å². The fraction of sp³-hybridized carbons (Fsp3) is 0.857. The van der Waals surface area contributed by atoms with Crippen molar-refractivity contribution in [1.82, 2.24) is 10.2 Å². The Balaban J connectivity index is 1.91. The van der Waals surface area contributed by atoms with E-state index in [4.69, 9.17) is 4.74 Å². The van der Waals surface area contributed by atoms with Crippen molar-refractivity contribution in [2.24, 2.45) is 0 Å². The maximum atomic E-state index is 12.9. The Hall–Kier alpha value is -1.10. The molecular formula is C14H22N2O3. The molecule has 1 N–H and O–H groups in total. The molecule has 1 aliphatic carbocycles. The molecule has 2 amide bonds. The van der Waals surface area contributed by atoms with Crippen LogP contribution in [0.25, 0.3) is 0 Å². The van der Waals surface area contributed by atoms with Crippen LogP contribution in [0.5, 0.6) is 0 Å². The fourth-order valence-corrected chi connectivity index (χ4v) is 3.78. The van der Waals surface area contributed by atoms with E-state index in [0.29, 0.717) is 6.61 Å². The summed E-state index contributed by atoms with van der Waals surface area (Å²) in [7, 11) is 0. The maximum absolute atomic E-state index is 12.9. The summed E-state index contributed by atoms with van der Waals surface area (Å²) in [5.74, 6) is 0.0973. The molecule has 2 aliphatic heterocycles. The van der Waals surface area contributed by atoms with E-state index in [-0.39, 0.29) is 30.0 Å². The third-order valence-corrected chi connectivity index (χ3v) is 4.95. The van der Waals surface area contributed by atoms with Gasteiger partial charge in [-0.25, -0.2) is 0 Å². The molecule has 106 valence electrons. The summed E-state index contributed by atoms with van der Waals surface area (Å²) in [6.45, 7) is 4.49. The van der Waals surface area contributed by atoms with Gasteiger partial charge in [0.05, 0.1) is 12.1 Å². The molecule has 1 spiro atoms. The predicted octanol–water partition coefficient (Wildman–Crippen LogP) is 0.823. The van der Waals surface area contributed by atoms with Gasteiger partial charge in [0, 0.05) is 6.61 Å². The first-order valence-corrected chi connectivity index (χ1v) is 7.31. The van der Waals surface area contributed by atoms with Gasteiger partial charge in [-0.3, -0.25) is 9.59 Å². The molecule has 3 atom stereocenters. The zero-order valence-electron chi connectivity index (χ0n) is 11.6. The van der Waals surface area contributed by atoms with Gasteiger partial charge in [-0.15, -0.1) is 0 Å². The number of ether oxygens (including phenoxy) is 1. The quantitative estimate of drug-likeness (QED) is 0.764. The number of hydrogen-bond donors (Lipinski definition) is 1. The molecule has 3 fully saturated rings. The van der Waals surface area contributed by atoms with Gasteiger partial charge in [-0.1, -0.05) is 12.8 Å². The molecule has 5 heteroatoms. The zero-order chi connectivity index (χ0) is 13.6. The van der Waals surface area contributed by atoms with Crippen molar-refractivity contribution in [3.63, 3.8) is 0 Å². The molecule has 1 saturated carbocycles. The summed E-state index contributed by atoms with van der Waals surface area (Å²) in [6.07, 6.45) is 4.46. The second-order valence-corrected chi connectivity index (χ2v) is 6.10. The molecule has 0 bridgehead atoms. The van der Waals surface area contributed by atoms with E-state index in [1.807, 2.05) is 18.7 Å². The third-order valence-electron chi connectivity index (χ3n) is 4.95. The lowest BCUT2D eigenvalue weighted by atomic mass is 9.89. The summed E-state index contributed by atoms with van der Waals surface area (Å²) in [5, 5.41) is 2.99. The van der Waals surface area contributed by atoms with Gasteiger partial charge in [0.15, 0.2) is 0 Å². The van der Waals surface area contributed by atoms with Crippen molar-refractivity contribution in [2.45, 2.75) is 69.7 Å². The normalized spacial score (nSPS) is 38.0. The highest BCUT2D eigenvalue weighted by molar-refractivity contribution is 6.00. The van der Waals surface area contributed by atoms with E-state index in [0.717, 1.165) is 32.1 Å². The highest BCUT2D eigenvalue weighted by Gasteiger charge is 2.53. The Kier molecular flexibility index (Phi) is 3.04. The van der Waals surface area contributed by atoms with Gasteiger partial charge < -0.3 is 15.0 Å². The highest BCUT2D eigenvalue weighted by Crippen LogP contribution is 2.37. The SMILES string of the molecule is CC1OCCC1N1C(=O)C2(CCCC2)NC(=O)C1C. The number of amides is 2. The molecule has 0 aromatic carbocycles. The van der Waals surface area contributed by atoms with Crippen molar-refractivity contribution < 1.29 is 14.3 Å². The maximum Gasteiger partial charge on any atom is 0.249 e. The summed E-state index contributed by atoms with van der Waals surface area (Å²) >= 11 is 0. The summed E-state index contributed by atoms with van der Waals surface area (Å²) in [4.78, 5) is 26.9. The summed E-state index contributed by atoms with van der Waals surface area (Å²) < 4.78 is 5.58. The van der Waals surface area contributed by atoms with Gasteiger partial charge in [0.25, 0.3) is 0 Å². The Morgan fingerprint density at radius 2 is 1.95 bits per heavy atom. The monoisotopic (exact) mass is 266 g/mol. The number of nitrogens with zero attached hydrogens (tertiary/aromatic N) is 1. The molecule has 3 aliphatic rings. The number of hydrogen-bond acceptors (Lipinski definition) is 3. The average Bonchev–Trinajstić information content (AvgIpc) is 2.99. The standard InChI is InChI=1S/C14H22N2O3/c1-9-12(17)15-14(6-3-4-7-14)13(18)16(9)11-5-8-19-10(11)2/h9-11H,3-8H2,1-2H3,(H,15,17). The molecule has 0 aromatic rings. The Labute approximate surface area is 113 Å². The van der Waals surface area contributed by atoms with Crippen molar-refractivity contribution >= 4 is 11.8 Å². The lowest BCUT2D eigenvalue weighted by Gasteiger charge is -2.46. The smallest absolute Gasteiger partial charge is 0.249 e. The van der Waals surface area contributed by atoms with Gasteiger partial charge in [-0.2, -0.15) is 0 Å². The minimum absolute atomic E-state index is 0.0133. The summed E-state index contributed by atoms with van der Waals surface area (Å²) in [5.41, 5.74) is -0.619. The molecule has 5 nitrogen and oxygen atoms in total. The van der Waals surface area contributed by atoms with Crippen LogP contribution in [0.2, 0.25) is 0 Å². The molecule has 0 radical (unpaired) electrons. The highest BCUT2D eigenvalue weighted by atomic mass is 16.5. The molecule has 0 aromatic heterocycles. The second kappa shape index (κ2) is 4.47. The lowest BCUT2D eigenvalue weighted by molar-refractivity contribution is -0.158. The van der Waals surface area contributed by atoms with E-state index < -0.39 is 5.54 Å². The molecule has 3 rings (SSSR count). The van der Waals surface area contributed by atoms with Gasteiger partial charge >= 0.3 is 0 Å². The number of carbonyl (C=O) groups is 2. The first kappa shape index (κ1) is 12.9. The van der Waals surface area contributed by atoms with Crippen LogP contribution in [-0.2, 0) is 14.3 Å². The third kappa shape index (κ3) is 1.86. The number of rotatable bonds is 1. The average molecular weight is 266 g/mol. The minimum Gasteiger partial charge on any atom is -0.376 e. The Morgan fingerprint density at radius 3 is 2.53 bits per heavy atom. The number of nitrogens with one attached hydrogen (secondary N) is 1. The van der Waals surface area contributed by atoms with E-state index >= 15 is 0 Å². The van der Waals surface area contributed by atoms with Crippen molar-refractivity contribution in [3.8, 4) is 0 Å². The minimum atomic E-state index is -0.619. The van der Waals surface area contributed by atoms with E-state index in [1.54, 1.807) is 0 Å². The van der Waals surface area contributed by atoms with Crippen LogP contribution >= 0.6 is 0 Å². The molecule has 2 saturated heterocycles. The predicted molar refractivity (Wildman–Crippen MR) is 69.5 cm³/mol. The first-order valence-electron chi connectivity index (χ1n) is 7.31. The largest absolute Gasteiger partial charge is 0.376 e. The van der Waals surface area contributed by atoms with Crippen LogP contribution in [0.3, 0.4) is 0 Å². The zero-order valence-corrected chi connectivity index (χ0v) is 11.6. The first-order chi connectivity index (χ1) is 9.05. The van der Waals surface area contributed by atoms with Crippen LogP contribution in [0.1, 0.15) is 46.0 Å². The van der Waals surface area contributed by atoms with Crippen LogP contribution < -0.4 is 5.32 Å². The second-order valence-electron chi connectivity index (χ2n) is 6.10. The molecule has 2 heterocycles. The van der Waals surface area contributed by atoms with Gasteiger partial charge in [-0.05, 0) is 33.1 Å². The van der Waals surface area contributed by atoms with E-state index in [2.05, 4.69) is 5.32 Å². The molecule has 3 unspecified atom stereocenters. The van der Waals surface area contributed by atoms with Gasteiger partial charge in [0.1, 0.15) is 11.6 Å². The van der Waals surface area contributed by atoms with Crippen LogP contribution in [0.4, 0.5) is 0 Å². The Morgan fingerprint density at radius 1 is 1.26 bits per heavy atom. The summed E-state index contributed by atoms with van der Waals surface area (Å²) in [6, 6.07) is -0.334. The fourth-order valence-electron chi connectivity index (χ4n) is 3.78. The number of carbonyl (C=O) groups excluding carboxylic acids is 2. The van der Waals surface area contributed by atoms with Crippen LogP contribution in [0.15, 0.2) is 0 Å². The van der Waals surface area contributed by atoms with E-state index in [9.17, 15) is 9.59 Å². The van der Waals surface area contributed by atoms with Crippen molar-refractivity contribution in [3.05, 3.63) is 0 Å². The van der Waals surface area contributed by atoms with Crippen LogP contribution in [-0.4, -0.2) is 47.0 Å². The topological polar surface area (TPSA) is 58.6 Å². The van der Waals surface area contributed by atoms with E-state index in [1.165, 1.54) is 0 Å². The van der Waals surface area contributed by atoms with Crippen molar-refractivity contribution in [2.75, 3.05) is 6.61 Å². The molecule has 19 heavy (non-hydrogen) atoms. The molecular weight excluding hydrogens is 244 g/mol. The Bertz CT molecular complexity index is 403. The van der Waals surface area contributed by atoms with Crippen LogP contribution in [0, 0.1) is 0 Å².